The second-order valence-corrected chi connectivity index (χ2v) is 7.52. The highest BCUT2D eigenvalue weighted by Crippen LogP contribution is 2.34. The lowest BCUT2D eigenvalue weighted by atomic mass is 10.2. The molecule has 6 nitrogen and oxygen atoms in total. The highest BCUT2D eigenvalue weighted by atomic mass is 35.5. The number of pyridine rings is 1. The maximum atomic E-state index is 14.1. The van der Waals surface area contributed by atoms with Crippen LogP contribution in [0.25, 0.3) is 10.9 Å². The van der Waals surface area contributed by atoms with Gasteiger partial charge >= 0.3 is 0 Å². The molecule has 0 saturated carbocycles. The van der Waals surface area contributed by atoms with Crippen molar-refractivity contribution in [2.45, 2.75) is 4.90 Å². The zero-order valence-corrected chi connectivity index (χ0v) is 15.2. The monoisotopic (exact) mass is 421 g/mol. The number of alkyl halides is 1. The number of aromatic amines is 1. The minimum absolute atomic E-state index is 0.0170. The van der Waals surface area contributed by atoms with Crippen LogP contribution in [0.5, 0.6) is 5.75 Å². The summed E-state index contributed by atoms with van der Waals surface area (Å²) in [5, 5.41) is 0.717. The predicted molar refractivity (Wildman–Crippen MR) is 94.8 cm³/mol. The molecule has 0 fully saturated rings. The summed E-state index contributed by atoms with van der Waals surface area (Å²) in [6.07, 6.45) is 2.30. The number of aromatic nitrogens is 2. The van der Waals surface area contributed by atoms with Crippen molar-refractivity contribution in [2.24, 2.45) is 0 Å². The standard InChI is InChI=1S/C15H11Cl2F2N3O3S/c16-10-2-1-9-12(7-20-14(9)13(10)17)26(23,24)22-15-11(19)5-8(6-21-15)25-4-3-18/h1-2,5-7,20H,3-4H2,(H,21,22). The SMILES string of the molecule is O=S(=O)(Nc1ncc(OCCF)cc1F)c1c[nH]c2c(Cl)c(Cl)ccc12. The number of sulfonamides is 1. The van der Waals surface area contributed by atoms with Gasteiger partial charge in [-0.25, -0.2) is 22.2 Å². The Bertz CT molecular complexity index is 1070. The van der Waals surface area contributed by atoms with Crippen molar-refractivity contribution in [2.75, 3.05) is 18.0 Å². The summed E-state index contributed by atoms with van der Waals surface area (Å²) in [6.45, 7) is -1.01. The van der Waals surface area contributed by atoms with E-state index in [0.29, 0.717) is 5.52 Å². The van der Waals surface area contributed by atoms with Gasteiger partial charge in [-0.05, 0) is 12.1 Å². The third-order valence-electron chi connectivity index (χ3n) is 3.39. The lowest BCUT2D eigenvalue weighted by molar-refractivity contribution is 0.271. The van der Waals surface area contributed by atoms with Crippen LogP contribution < -0.4 is 9.46 Å². The fourth-order valence-corrected chi connectivity index (χ4v) is 3.81. The summed E-state index contributed by atoms with van der Waals surface area (Å²) < 4.78 is 58.3. The van der Waals surface area contributed by atoms with Crippen molar-refractivity contribution >= 4 is 49.9 Å². The number of H-pyrrole nitrogens is 1. The van der Waals surface area contributed by atoms with E-state index in [0.717, 1.165) is 12.3 Å². The van der Waals surface area contributed by atoms with Gasteiger partial charge in [-0.1, -0.05) is 23.2 Å². The molecule has 2 heterocycles. The molecule has 0 aliphatic heterocycles. The molecule has 0 amide bonds. The van der Waals surface area contributed by atoms with Gasteiger partial charge in [-0.3, -0.25) is 4.72 Å². The minimum atomic E-state index is -4.16. The first-order valence-corrected chi connectivity index (χ1v) is 9.39. The molecule has 26 heavy (non-hydrogen) atoms. The molecule has 1 aromatic carbocycles. The summed E-state index contributed by atoms with van der Waals surface area (Å²) >= 11 is 11.9. The number of nitrogens with zero attached hydrogens (tertiary/aromatic N) is 1. The molecule has 138 valence electrons. The Morgan fingerprint density at radius 1 is 1.31 bits per heavy atom. The van der Waals surface area contributed by atoms with E-state index in [2.05, 4.69) is 14.7 Å². The highest BCUT2D eigenvalue weighted by Gasteiger charge is 2.23. The van der Waals surface area contributed by atoms with Gasteiger partial charge < -0.3 is 9.72 Å². The van der Waals surface area contributed by atoms with Gasteiger partial charge in [0, 0.05) is 17.6 Å². The van der Waals surface area contributed by atoms with E-state index in [-0.39, 0.29) is 32.7 Å². The molecule has 0 aliphatic rings. The summed E-state index contributed by atoms with van der Waals surface area (Å²) in [5.41, 5.74) is 0.336. The van der Waals surface area contributed by atoms with Crippen LogP contribution in [-0.2, 0) is 10.0 Å². The van der Waals surface area contributed by atoms with Gasteiger partial charge in [0.2, 0.25) is 0 Å². The van der Waals surface area contributed by atoms with Crippen molar-refractivity contribution in [1.82, 2.24) is 9.97 Å². The summed E-state index contributed by atoms with van der Waals surface area (Å²) in [4.78, 5) is 6.25. The Balaban J connectivity index is 1.94. The predicted octanol–water partition coefficient (Wildman–Crippen LogP) is 4.16. The van der Waals surface area contributed by atoms with Crippen molar-refractivity contribution in [1.29, 1.82) is 0 Å². The zero-order valence-electron chi connectivity index (χ0n) is 12.9. The van der Waals surface area contributed by atoms with E-state index >= 15 is 0 Å². The summed E-state index contributed by atoms with van der Waals surface area (Å²) in [5.74, 6) is -1.51. The van der Waals surface area contributed by atoms with Crippen LogP contribution in [0.4, 0.5) is 14.6 Å². The number of ether oxygens (including phenoxy) is 1. The molecule has 0 bridgehead atoms. The van der Waals surface area contributed by atoms with Gasteiger partial charge in [0.05, 0.1) is 21.8 Å². The van der Waals surface area contributed by atoms with Gasteiger partial charge in [-0.2, -0.15) is 0 Å². The molecule has 0 radical (unpaired) electrons. The van der Waals surface area contributed by atoms with E-state index in [1.807, 2.05) is 0 Å². The van der Waals surface area contributed by atoms with E-state index in [1.54, 1.807) is 0 Å². The molecule has 3 aromatic rings. The zero-order chi connectivity index (χ0) is 18.9. The van der Waals surface area contributed by atoms with E-state index < -0.39 is 28.3 Å². The van der Waals surface area contributed by atoms with Gasteiger partial charge in [0.25, 0.3) is 10.0 Å². The van der Waals surface area contributed by atoms with Crippen LogP contribution in [0.2, 0.25) is 10.0 Å². The molecule has 0 spiro atoms. The summed E-state index contributed by atoms with van der Waals surface area (Å²) in [7, 11) is -4.16. The topological polar surface area (TPSA) is 84.1 Å². The number of halogens is 4. The first-order valence-electron chi connectivity index (χ1n) is 7.15. The normalized spacial score (nSPS) is 11.7. The van der Waals surface area contributed by atoms with Crippen LogP contribution in [0.3, 0.4) is 0 Å². The number of hydrogen-bond donors (Lipinski definition) is 2. The second kappa shape index (κ2) is 7.26. The number of nitrogens with one attached hydrogen (secondary N) is 2. The molecule has 0 atom stereocenters. The first kappa shape index (κ1) is 18.7. The average Bonchev–Trinajstić information content (AvgIpc) is 3.04. The molecule has 2 N–H and O–H groups in total. The fraction of sp³-hybridized carbons (Fsp3) is 0.133. The third kappa shape index (κ3) is 3.55. The van der Waals surface area contributed by atoms with Crippen molar-refractivity contribution in [3.63, 3.8) is 0 Å². The molecule has 3 rings (SSSR count). The maximum Gasteiger partial charge on any atom is 0.265 e. The fourth-order valence-electron chi connectivity index (χ4n) is 2.25. The molecule has 0 aliphatic carbocycles. The van der Waals surface area contributed by atoms with Crippen molar-refractivity contribution in [3.05, 3.63) is 46.5 Å². The van der Waals surface area contributed by atoms with E-state index in [9.17, 15) is 17.2 Å². The van der Waals surface area contributed by atoms with E-state index in [4.69, 9.17) is 27.9 Å². The third-order valence-corrected chi connectivity index (χ3v) is 5.57. The molecular formula is C15H11Cl2F2N3O3S. The van der Waals surface area contributed by atoms with Crippen molar-refractivity contribution < 1.29 is 21.9 Å². The van der Waals surface area contributed by atoms with Crippen LogP contribution in [-0.4, -0.2) is 31.7 Å². The van der Waals surface area contributed by atoms with Gasteiger partial charge in [0.15, 0.2) is 11.6 Å². The molecule has 2 aromatic heterocycles. The number of benzene rings is 1. The highest BCUT2D eigenvalue weighted by molar-refractivity contribution is 7.93. The minimum Gasteiger partial charge on any atom is -0.489 e. The van der Waals surface area contributed by atoms with E-state index in [1.165, 1.54) is 18.3 Å². The van der Waals surface area contributed by atoms with Crippen LogP contribution in [0.1, 0.15) is 0 Å². The maximum absolute atomic E-state index is 14.1. The van der Waals surface area contributed by atoms with Crippen LogP contribution >= 0.6 is 23.2 Å². The lowest BCUT2D eigenvalue weighted by Gasteiger charge is -2.09. The van der Waals surface area contributed by atoms with Gasteiger partial charge in [0.1, 0.15) is 23.9 Å². The Morgan fingerprint density at radius 2 is 2.08 bits per heavy atom. The molecule has 11 heteroatoms. The molecular weight excluding hydrogens is 411 g/mol. The molecule has 0 saturated heterocycles. The lowest BCUT2D eigenvalue weighted by Crippen LogP contribution is -2.15. The Kier molecular flexibility index (Phi) is 5.22. The number of rotatable bonds is 6. The average molecular weight is 422 g/mol. The van der Waals surface area contributed by atoms with Crippen LogP contribution in [0, 0.1) is 5.82 Å². The van der Waals surface area contributed by atoms with Crippen LogP contribution in [0.15, 0.2) is 35.5 Å². The second-order valence-electron chi connectivity index (χ2n) is 5.08. The van der Waals surface area contributed by atoms with Gasteiger partial charge in [-0.15, -0.1) is 0 Å². The Morgan fingerprint density at radius 3 is 2.77 bits per heavy atom. The quantitative estimate of drug-likeness (QED) is 0.625. The largest absolute Gasteiger partial charge is 0.489 e. The first-order chi connectivity index (χ1) is 12.3. The Labute approximate surface area is 157 Å². The number of fused-ring (bicyclic) bond motifs is 1. The molecule has 0 unspecified atom stereocenters. The van der Waals surface area contributed by atoms with Crippen molar-refractivity contribution in [3.8, 4) is 5.75 Å². The summed E-state index contributed by atoms with van der Waals surface area (Å²) in [6, 6.07) is 3.84. The number of hydrogen-bond acceptors (Lipinski definition) is 4. The number of anilines is 1. The Hall–Kier alpha value is -2.10. The smallest absolute Gasteiger partial charge is 0.265 e.